The third kappa shape index (κ3) is 5.93. The topological polar surface area (TPSA) is 129 Å². The predicted octanol–water partition coefficient (Wildman–Crippen LogP) is 2.72. The Labute approximate surface area is 205 Å². The van der Waals surface area contributed by atoms with E-state index >= 15 is 0 Å². The molecule has 1 fully saturated rings. The average Bonchev–Trinajstić information content (AvgIpc) is 2.84. The van der Waals surface area contributed by atoms with E-state index in [-0.39, 0.29) is 43.7 Å². The van der Waals surface area contributed by atoms with Crippen LogP contribution in [0.1, 0.15) is 46.9 Å². The van der Waals surface area contributed by atoms with Crippen LogP contribution in [0.3, 0.4) is 0 Å². The first-order valence-corrected chi connectivity index (χ1v) is 12.6. The number of aromatic nitrogens is 1. The van der Waals surface area contributed by atoms with Crippen molar-refractivity contribution in [3.63, 3.8) is 0 Å². The van der Waals surface area contributed by atoms with E-state index in [1.807, 2.05) is 6.07 Å². The van der Waals surface area contributed by atoms with Gasteiger partial charge in [0.1, 0.15) is 23.5 Å². The number of nitrogens with zero attached hydrogens (tertiary/aromatic N) is 3. The molecule has 2 aromatic rings. The number of carbonyl (C=O) groups is 2. The van der Waals surface area contributed by atoms with Gasteiger partial charge >= 0.3 is 5.97 Å². The van der Waals surface area contributed by atoms with Crippen molar-refractivity contribution in [3.05, 3.63) is 58.0 Å². The zero-order chi connectivity index (χ0) is 26.6. The summed E-state index contributed by atoms with van der Waals surface area (Å²) < 4.78 is 72.4. The Hall–Kier alpha value is -3.66. The van der Waals surface area contributed by atoms with Crippen molar-refractivity contribution >= 4 is 27.7 Å². The molecule has 0 atom stereocenters. The molecule has 3 rings (SSSR count). The summed E-state index contributed by atoms with van der Waals surface area (Å²) in [6, 6.07) is 4.53. The predicted molar refractivity (Wildman–Crippen MR) is 122 cm³/mol. The van der Waals surface area contributed by atoms with Gasteiger partial charge in [0.25, 0.3) is 0 Å². The van der Waals surface area contributed by atoms with Crippen LogP contribution < -0.4 is 9.62 Å². The molecule has 1 aromatic heterocycles. The molecule has 1 amide bonds. The smallest absolute Gasteiger partial charge is 0.340 e. The Morgan fingerprint density at radius 2 is 1.86 bits per heavy atom. The van der Waals surface area contributed by atoms with Gasteiger partial charge in [-0.1, -0.05) is 0 Å². The van der Waals surface area contributed by atoms with Crippen LogP contribution in [0.15, 0.2) is 18.2 Å². The van der Waals surface area contributed by atoms with Crippen molar-refractivity contribution < 1.29 is 35.9 Å². The number of esters is 1. The molecule has 0 radical (unpaired) electrons. The number of hydrogen-bond acceptors (Lipinski definition) is 8. The second kappa shape index (κ2) is 10.9. The number of piperidine rings is 1. The summed E-state index contributed by atoms with van der Waals surface area (Å²) in [7, 11) is -4.50. The second-order valence-corrected chi connectivity index (χ2v) is 9.86. The zero-order valence-corrected chi connectivity index (χ0v) is 20.3. The van der Waals surface area contributed by atoms with Gasteiger partial charge in [-0.15, -0.1) is 0 Å². The lowest BCUT2D eigenvalue weighted by atomic mass is 9.96. The molecular weight excluding hydrogens is 501 g/mol. The number of benzene rings is 1. The van der Waals surface area contributed by atoms with Crippen LogP contribution in [0.4, 0.5) is 19.0 Å². The van der Waals surface area contributed by atoms with Gasteiger partial charge in [-0.2, -0.15) is 5.26 Å². The number of nitriles is 1. The van der Waals surface area contributed by atoms with Crippen LogP contribution in [0, 0.1) is 41.6 Å². The summed E-state index contributed by atoms with van der Waals surface area (Å²) in [5.74, 6) is -7.38. The summed E-state index contributed by atoms with van der Waals surface area (Å²) in [6.45, 7) is 3.94. The molecule has 1 aliphatic rings. The summed E-state index contributed by atoms with van der Waals surface area (Å²) >= 11 is 0. The van der Waals surface area contributed by atoms with Gasteiger partial charge in [0.15, 0.2) is 11.6 Å². The number of carbonyl (C=O) groups excluding carboxylic acids is 2. The third-order valence-corrected chi connectivity index (χ3v) is 6.88. The minimum atomic E-state index is -4.50. The lowest BCUT2D eigenvalue weighted by Crippen LogP contribution is -2.43. The van der Waals surface area contributed by atoms with E-state index in [9.17, 15) is 36.4 Å². The number of halogens is 3. The van der Waals surface area contributed by atoms with Gasteiger partial charge in [0, 0.05) is 24.6 Å². The van der Waals surface area contributed by atoms with E-state index in [0.29, 0.717) is 23.6 Å². The number of aryl methyl sites for hydroxylation is 1. The van der Waals surface area contributed by atoms with Gasteiger partial charge in [-0.05, 0) is 44.9 Å². The Morgan fingerprint density at radius 1 is 1.22 bits per heavy atom. The van der Waals surface area contributed by atoms with Crippen molar-refractivity contribution in [1.29, 1.82) is 5.26 Å². The van der Waals surface area contributed by atoms with Crippen molar-refractivity contribution in [2.24, 2.45) is 5.92 Å². The van der Waals surface area contributed by atoms with Crippen molar-refractivity contribution in [2.45, 2.75) is 32.4 Å². The molecule has 192 valence electrons. The van der Waals surface area contributed by atoms with Crippen LogP contribution in [-0.4, -0.2) is 45.0 Å². The van der Waals surface area contributed by atoms with Crippen LogP contribution in [0.2, 0.25) is 0 Å². The molecule has 2 heterocycles. The van der Waals surface area contributed by atoms with Gasteiger partial charge < -0.3 is 9.64 Å². The first-order chi connectivity index (χ1) is 17.0. The standard InChI is InChI=1S/C23H23F3N4O5S/c1-3-35-23(32)16-10-15(11-27)21(28-13(16)2)30-8-6-14(7-9-30)22(31)29-36(33,34)12-17-18(24)4-5-19(25)20(17)26/h4-5,10,14H,3,6-9,12H2,1-2H3,(H,29,31). The molecule has 0 bridgehead atoms. The molecular formula is C23H23F3N4O5S. The molecule has 0 spiro atoms. The lowest BCUT2D eigenvalue weighted by Gasteiger charge is -2.32. The average molecular weight is 525 g/mol. The maximum atomic E-state index is 13.8. The van der Waals surface area contributed by atoms with E-state index in [1.54, 1.807) is 23.5 Å². The minimum absolute atomic E-state index is 0.147. The summed E-state index contributed by atoms with van der Waals surface area (Å²) in [5.41, 5.74) is -0.317. The number of hydrogen-bond donors (Lipinski definition) is 1. The maximum absolute atomic E-state index is 13.8. The third-order valence-electron chi connectivity index (χ3n) is 5.70. The Bertz CT molecular complexity index is 1340. The number of ether oxygens (including phenoxy) is 1. The summed E-state index contributed by atoms with van der Waals surface area (Å²) in [6.07, 6.45) is 0.407. The number of amides is 1. The highest BCUT2D eigenvalue weighted by Crippen LogP contribution is 2.27. The molecule has 0 unspecified atom stereocenters. The number of rotatable bonds is 7. The minimum Gasteiger partial charge on any atom is -0.462 e. The first kappa shape index (κ1) is 26.9. The normalized spacial score (nSPS) is 14.3. The maximum Gasteiger partial charge on any atom is 0.340 e. The fourth-order valence-electron chi connectivity index (χ4n) is 3.85. The largest absolute Gasteiger partial charge is 0.462 e. The fraction of sp³-hybridized carbons (Fsp3) is 0.391. The molecule has 9 nitrogen and oxygen atoms in total. The molecule has 1 aliphatic heterocycles. The van der Waals surface area contributed by atoms with Crippen LogP contribution in [-0.2, 0) is 25.3 Å². The quantitative estimate of drug-likeness (QED) is 0.432. The number of sulfonamides is 1. The SMILES string of the molecule is CCOC(=O)c1cc(C#N)c(N2CCC(C(=O)NS(=O)(=O)Cc3c(F)ccc(F)c3F)CC2)nc1C. The van der Waals surface area contributed by atoms with Gasteiger partial charge in [-0.25, -0.2) is 31.4 Å². The van der Waals surface area contributed by atoms with Crippen LogP contribution >= 0.6 is 0 Å². The van der Waals surface area contributed by atoms with E-state index in [2.05, 4.69) is 4.98 Å². The monoisotopic (exact) mass is 524 g/mol. The number of nitrogens with one attached hydrogen (secondary N) is 1. The Morgan fingerprint density at radius 3 is 2.47 bits per heavy atom. The highest BCUT2D eigenvalue weighted by molar-refractivity contribution is 7.89. The van der Waals surface area contributed by atoms with E-state index in [1.165, 1.54) is 6.07 Å². The molecule has 36 heavy (non-hydrogen) atoms. The lowest BCUT2D eigenvalue weighted by molar-refractivity contribution is -0.123. The first-order valence-electron chi connectivity index (χ1n) is 11.0. The number of pyridine rings is 1. The van der Waals surface area contributed by atoms with Crippen molar-refractivity contribution in [2.75, 3.05) is 24.6 Å². The molecule has 1 saturated heterocycles. The van der Waals surface area contributed by atoms with Gasteiger partial charge in [-0.3, -0.25) is 9.52 Å². The van der Waals surface area contributed by atoms with Crippen LogP contribution in [0.25, 0.3) is 0 Å². The van der Waals surface area contributed by atoms with Gasteiger partial charge in [0.2, 0.25) is 15.9 Å². The summed E-state index contributed by atoms with van der Waals surface area (Å²) in [4.78, 5) is 30.8. The second-order valence-electron chi connectivity index (χ2n) is 8.13. The fourth-order valence-corrected chi connectivity index (χ4v) is 5.04. The molecule has 0 saturated carbocycles. The van der Waals surface area contributed by atoms with Crippen LogP contribution in [0.5, 0.6) is 0 Å². The molecule has 0 aliphatic carbocycles. The molecule has 13 heteroatoms. The van der Waals surface area contributed by atoms with Crippen molar-refractivity contribution in [3.8, 4) is 6.07 Å². The summed E-state index contributed by atoms with van der Waals surface area (Å²) in [5, 5.41) is 9.54. The zero-order valence-electron chi connectivity index (χ0n) is 19.5. The van der Waals surface area contributed by atoms with E-state index in [4.69, 9.17) is 4.74 Å². The Balaban J connectivity index is 1.67. The van der Waals surface area contributed by atoms with Gasteiger partial charge in [0.05, 0.1) is 23.4 Å². The number of anilines is 1. The van der Waals surface area contributed by atoms with E-state index < -0.39 is 56.6 Å². The van der Waals surface area contributed by atoms with Crippen molar-refractivity contribution in [1.82, 2.24) is 9.71 Å². The van der Waals surface area contributed by atoms with E-state index in [0.717, 1.165) is 0 Å². The highest BCUT2D eigenvalue weighted by atomic mass is 32.2. The highest BCUT2D eigenvalue weighted by Gasteiger charge is 2.31. The molecule has 1 aromatic carbocycles. The Kier molecular flexibility index (Phi) is 8.19. The molecule has 1 N–H and O–H groups in total.